The Morgan fingerprint density at radius 2 is 2.10 bits per heavy atom. The molecule has 0 amide bonds. The molecule has 0 fully saturated rings. The van der Waals surface area contributed by atoms with Crippen molar-refractivity contribution in [3.63, 3.8) is 0 Å². The van der Waals surface area contributed by atoms with E-state index in [1.807, 2.05) is 19.2 Å². The first-order chi connectivity index (χ1) is 10.0. The van der Waals surface area contributed by atoms with Crippen LogP contribution in [0.15, 0.2) is 23.1 Å². The minimum Gasteiger partial charge on any atom is -0.495 e. The number of nitrogens with one attached hydrogen (secondary N) is 2. The lowest BCUT2D eigenvalue weighted by molar-refractivity contribution is 0.402. The summed E-state index contributed by atoms with van der Waals surface area (Å²) >= 11 is 1.70. The molecule has 2 N–H and O–H groups in total. The number of methoxy groups -OCH3 is 1. The van der Waals surface area contributed by atoms with Crippen molar-refractivity contribution in [2.45, 2.75) is 24.8 Å². The van der Waals surface area contributed by atoms with Gasteiger partial charge in [0.05, 0.1) is 7.11 Å². The van der Waals surface area contributed by atoms with Gasteiger partial charge in [-0.15, -0.1) is 0 Å². The first-order valence-corrected chi connectivity index (χ1v) is 9.79. The molecule has 1 rings (SSSR count). The van der Waals surface area contributed by atoms with Crippen LogP contribution in [0.25, 0.3) is 0 Å². The molecule has 0 spiro atoms. The molecule has 1 aromatic rings. The van der Waals surface area contributed by atoms with Gasteiger partial charge in [0.2, 0.25) is 10.0 Å². The molecule has 7 heteroatoms. The Morgan fingerprint density at radius 1 is 1.33 bits per heavy atom. The largest absolute Gasteiger partial charge is 0.495 e. The summed E-state index contributed by atoms with van der Waals surface area (Å²) < 4.78 is 32.6. The van der Waals surface area contributed by atoms with Gasteiger partial charge in [-0.2, -0.15) is 11.8 Å². The average Bonchev–Trinajstić information content (AvgIpc) is 2.49. The SMILES string of the molecule is CCNCc1ccc(OC)c(S(=O)(=O)NCCCSC)c1. The molecule has 0 aliphatic rings. The van der Waals surface area contributed by atoms with E-state index in [-0.39, 0.29) is 4.90 Å². The van der Waals surface area contributed by atoms with E-state index in [4.69, 9.17) is 4.74 Å². The van der Waals surface area contributed by atoms with Crippen LogP contribution in [0.4, 0.5) is 0 Å². The quantitative estimate of drug-likeness (QED) is 0.640. The predicted octanol–water partition coefficient (Wildman–Crippen LogP) is 1.84. The van der Waals surface area contributed by atoms with Gasteiger partial charge in [-0.25, -0.2) is 13.1 Å². The van der Waals surface area contributed by atoms with Crippen molar-refractivity contribution in [3.05, 3.63) is 23.8 Å². The second-order valence-electron chi connectivity index (χ2n) is 4.51. The van der Waals surface area contributed by atoms with Crippen LogP contribution in [-0.2, 0) is 16.6 Å². The molecular formula is C14H24N2O3S2. The van der Waals surface area contributed by atoms with E-state index in [0.717, 1.165) is 24.3 Å². The van der Waals surface area contributed by atoms with E-state index in [1.165, 1.54) is 7.11 Å². The van der Waals surface area contributed by atoms with Gasteiger partial charge in [0.1, 0.15) is 10.6 Å². The van der Waals surface area contributed by atoms with Gasteiger partial charge in [0, 0.05) is 13.1 Å². The van der Waals surface area contributed by atoms with Gasteiger partial charge < -0.3 is 10.1 Å². The molecule has 0 aliphatic heterocycles. The normalized spacial score (nSPS) is 11.6. The van der Waals surface area contributed by atoms with Crippen LogP contribution in [0.2, 0.25) is 0 Å². The van der Waals surface area contributed by atoms with Gasteiger partial charge in [-0.3, -0.25) is 0 Å². The zero-order chi connectivity index (χ0) is 15.7. The monoisotopic (exact) mass is 332 g/mol. The van der Waals surface area contributed by atoms with Crippen LogP contribution in [0, 0.1) is 0 Å². The summed E-state index contributed by atoms with van der Waals surface area (Å²) in [6.45, 7) is 3.91. The number of benzene rings is 1. The molecule has 5 nitrogen and oxygen atoms in total. The Balaban J connectivity index is 2.90. The Labute approximate surface area is 131 Å². The van der Waals surface area contributed by atoms with E-state index in [2.05, 4.69) is 10.0 Å². The summed E-state index contributed by atoms with van der Waals surface area (Å²) in [4.78, 5) is 0.199. The topological polar surface area (TPSA) is 67.4 Å². The second kappa shape index (κ2) is 9.30. The first-order valence-electron chi connectivity index (χ1n) is 6.91. The Bertz CT molecular complexity index is 533. The lowest BCUT2D eigenvalue weighted by atomic mass is 10.2. The Hall–Kier alpha value is -0.760. The van der Waals surface area contributed by atoms with Crippen LogP contribution in [0.5, 0.6) is 5.75 Å². The van der Waals surface area contributed by atoms with E-state index < -0.39 is 10.0 Å². The number of rotatable bonds is 10. The molecule has 0 radical (unpaired) electrons. The highest BCUT2D eigenvalue weighted by Crippen LogP contribution is 2.24. The molecule has 0 saturated carbocycles. The molecule has 0 bridgehead atoms. The Kier molecular flexibility index (Phi) is 8.10. The second-order valence-corrected chi connectivity index (χ2v) is 7.23. The summed E-state index contributed by atoms with van der Waals surface area (Å²) in [5.41, 5.74) is 0.919. The van der Waals surface area contributed by atoms with Crippen LogP contribution < -0.4 is 14.8 Å². The third-order valence-electron chi connectivity index (χ3n) is 2.91. The van der Waals surface area contributed by atoms with Crippen LogP contribution >= 0.6 is 11.8 Å². The minimum atomic E-state index is -3.54. The number of thioether (sulfide) groups is 1. The van der Waals surface area contributed by atoms with Gasteiger partial charge in [-0.1, -0.05) is 13.0 Å². The zero-order valence-electron chi connectivity index (χ0n) is 12.8. The fourth-order valence-electron chi connectivity index (χ4n) is 1.81. The molecule has 21 heavy (non-hydrogen) atoms. The smallest absolute Gasteiger partial charge is 0.244 e. The number of hydrogen-bond donors (Lipinski definition) is 2. The van der Waals surface area contributed by atoms with Crippen LogP contribution in [-0.4, -0.2) is 40.6 Å². The van der Waals surface area contributed by atoms with E-state index in [0.29, 0.717) is 18.8 Å². The van der Waals surface area contributed by atoms with Gasteiger partial charge in [0.25, 0.3) is 0 Å². The van der Waals surface area contributed by atoms with Crippen molar-refractivity contribution in [1.82, 2.24) is 10.0 Å². The standard InChI is InChI=1S/C14H24N2O3S2/c1-4-15-11-12-6-7-13(19-2)14(10-12)21(17,18)16-8-5-9-20-3/h6-7,10,15-16H,4-5,8-9,11H2,1-3H3. The molecule has 0 aromatic heterocycles. The molecule has 120 valence electrons. The highest BCUT2D eigenvalue weighted by atomic mass is 32.2. The molecular weight excluding hydrogens is 308 g/mol. The van der Waals surface area contributed by atoms with E-state index in [9.17, 15) is 8.42 Å². The predicted molar refractivity (Wildman–Crippen MR) is 88.6 cm³/mol. The molecule has 0 atom stereocenters. The van der Waals surface area contributed by atoms with Crippen molar-refractivity contribution in [2.75, 3.05) is 32.2 Å². The number of hydrogen-bond acceptors (Lipinski definition) is 5. The summed E-state index contributed by atoms with van der Waals surface area (Å²) in [7, 11) is -2.06. The molecule has 0 heterocycles. The average molecular weight is 332 g/mol. The lowest BCUT2D eigenvalue weighted by Gasteiger charge is -2.12. The van der Waals surface area contributed by atoms with Gasteiger partial charge in [-0.05, 0) is 42.7 Å². The number of ether oxygens (including phenoxy) is 1. The molecule has 0 unspecified atom stereocenters. The molecule has 0 saturated heterocycles. The maximum Gasteiger partial charge on any atom is 0.244 e. The fraction of sp³-hybridized carbons (Fsp3) is 0.571. The maximum absolute atomic E-state index is 12.4. The molecule has 1 aromatic carbocycles. The Morgan fingerprint density at radius 3 is 2.71 bits per heavy atom. The van der Waals surface area contributed by atoms with Crippen molar-refractivity contribution in [1.29, 1.82) is 0 Å². The number of sulfonamides is 1. The third-order valence-corrected chi connectivity index (χ3v) is 5.09. The fourth-order valence-corrected chi connectivity index (χ4v) is 3.54. The highest BCUT2D eigenvalue weighted by Gasteiger charge is 2.19. The lowest BCUT2D eigenvalue weighted by Crippen LogP contribution is -2.26. The summed E-state index contributed by atoms with van der Waals surface area (Å²) in [5.74, 6) is 1.30. The minimum absolute atomic E-state index is 0.199. The summed E-state index contributed by atoms with van der Waals surface area (Å²) in [5, 5.41) is 3.18. The van der Waals surface area contributed by atoms with Crippen molar-refractivity contribution in [3.8, 4) is 5.75 Å². The van der Waals surface area contributed by atoms with Crippen molar-refractivity contribution < 1.29 is 13.2 Å². The van der Waals surface area contributed by atoms with Crippen LogP contribution in [0.1, 0.15) is 18.9 Å². The molecule has 0 aliphatic carbocycles. The zero-order valence-corrected chi connectivity index (χ0v) is 14.4. The van der Waals surface area contributed by atoms with Crippen molar-refractivity contribution in [2.24, 2.45) is 0 Å². The van der Waals surface area contributed by atoms with Gasteiger partial charge in [0.15, 0.2) is 0 Å². The highest BCUT2D eigenvalue weighted by molar-refractivity contribution is 7.98. The summed E-state index contributed by atoms with van der Waals surface area (Å²) in [6.07, 6.45) is 2.81. The van der Waals surface area contributed by atoms with Crippen molar-refractivity contribution >= 4 is 21.8 Å². The maximum atomic E-state index is 12.4. The summed E-state index contributed by atoms with van der Waals surface area (Å²) in [6, 6.07) is 5.23. The van der Waals surface area contributed by atoms with Crippen LogP contribution in [0.3, 0.4) is 0 Å². The van der Waals surface area contributed by atoms with Gasteiger partial charge >= 0.3 is 0 Å². The third kappa shape index (κ3) is 5.86. The van der Waals surface area contributed by atoms with E-state index >= 15 is 0 Å². The van der Waals surface area contributed by atoms with E-state index in [1.54, 1.807) is 23.9 Å². The first kappa shape index (κ1) is 18.3.